The molecule has 0 saturated heterocycles. The predicted molar refractivity (Wildman–Crippen MR) is 70.6 cm³/mol. The molecule has 88 valence electrons. The fourth-order valence-electron chi connectivity index (χ4n) is 2.31. The Morgan fingerprint density at radius 1 is 1.24 bits per heavy atom. The van der Waals surface area contributed by atoms with Crippen LogP contribution in [0, 0.1) is 6.92 Å². The summed E-state index contributed by atoms with van der Waals surface area (Å²) in [7, 11) is 0. The van der Waals surface area contributed by atoms with Gasteiger partial charge in [0.25, 0.3) is 0 Å². The van der Waals surface area contributed by atoms with Crippen LogP contribution in [0.4, 0.5) is 0 Å². The number of hydrogen-bond donors (Lipinski definition) is 0. The monoisotopic (exact) mass is 227 g/mol. The Morgan fingerprint density at radius 2 is 1.94 bits per heavy atom. The number of para-hydroxylation sites is 1. The minimum absolute atomic E-state index is 0.0643. The minimum atomic E-state index is -0.0643. The van der Waals surface area contributed by atoms with Crippen LogP contribution in [-0.4, -0.2) is 11.3 Å². The van der Waals surface area contributed by atoms with Gasteiger partial charge in [0, 0.05) is 17.1 Å². The standard InChI is InChI=1S/C15H17NO/c1-10-6-5-7-12-13(15(2,3)4)11(9-17)8-16-14(10)12/h5-9H,1-4H3. The lowest BCUT2D eigenvalue weighted by atomic mass is 9.82. The fraction of sp³-hybridized carbons (Fsp3) is 0.333. The zero-order valence-corrected chi connectivity index (χ0v) is 10.7. The molecule has 0 atom stereocenters. The van der Waals surface area contributed by atoms with Gasteiger partial charge in [0.2, 0.25) is 0 Å². The first-order valence-corrected chi connectivity index (χ1v) is 5.79. The number of carbonyl (C=O) groups excluding carboxylic acids is 1. The Morgan fingerprint density at radius 3 is 2.53 bits per heavy atom. The predicted octanol–water partition coefficient (Wildman–Crippen LogP) is 3.65. The van der Waals surface area contributed by atoms with Gasteiger partial charge in [-0.3, -0.25) is 9.78 Å². The second-order valence-corrected chi connectivity index (χ2v) is 5.43. The number of nitrogens with zero attached hydrogens (tertiary/aromatic N) is 1. The summed E-state index contributed by atoms with van der Waals surface area (Å²) in [6, 6.07) is 6.11. The molecule has 0 radical (unpaired) electrons. The molecular formula is C15H17NO. The molecule has 0 unspecified atom stereocenters. The summed E-state index contributed by atoms with van der Waals surface area (Å²) >= 11 is 0. The second kappa shape index (κ2) is 3.95. The van der Waals surface area contributed by atoms with Crippen molar-refractivity contribution in [1.29, 1.82) is 0 Å². The number of hydrogen-bond acceptors (Lipinski definition) is 2. The number of benzene rings is 1. The number of rotatable bonds is 1. The molecule has 1 aromatic heterocycles. The van der Waals surface area contributed by atoms with Crippen molar-refractivity contribution in [3.8, 4) is 0 Å². The molecule has 0 saturated carbocycles. The Hall–Kier alpha value is -1.70. The van der Waals surface area contributed by atoms with Gasteiger partial charge in [0.05, 0.1) is 5.52 Å². The summed E-state index contributed by atoms with van der Waals surface area (Å²) in [4.78, 5) is 15.6. The summed E-state index contributed by atoms with van der Waals surface area (Å²) in [5.41, 5.74) is 3.84. The third-order valence-corrected chi connectivity index (χ3v) is 3.01. The van der Waals surface area contributed by atoms with Gasteiger partial charge < -0.3 is 0 Å². The van der Waals surface area contributed by atoms with Crippen LogP contribution in [0.1, 0.15) is 42.3 Å². The van der Waals surface area contributed by atoms with E-state index >= 15 is 0 Å². The normalized spacial score (nSPS) is 11.8. The van der Waals surface area contributed by atoms with Crippen molar-refractivity contribution < 1.29 is 4.79 Å². The molecule has 0 amide bonds. The largest absolute Gasteiger partial charge is 0.298 e. The molecule has 1 heterocycles. The summed E-state index contributed by atoms with van der Waals surface area (Å²) in [5.74, 6) is 0. The summed E-state index contributed by atoms with van der Waals surface area (Å²) in [6.45, 7) is 8.41. The van der Waals surface area contributed by atoms with Crippen LogP contribution < -0.4 is 0 Å². The summed E-state index contributed by atoms with van der Waals surface area (Å²) in [5, 5.41) is 1.09. The van der Waals surface area contributed by atoms with Gasteiger partial charge in [0.1, 0.15) is 0 Å². The van der Waals surface area contributed by atoms with Gasteiger partial charge in [-0.1, -0.05) is 39.0 Å². The maximum Gasteiger partial charge on any atom is 0.151 e. The van der Waals surface area contributed by atoms with Crippen molar-refractivity contribution in [1.82, 2.24) is 4.98 Å². The lowest BCUT2D eigenvalue weighted by Crippen LogP contribution is -2.15. The Balaban J connectivity index is 2.94. The molecule has 17 heavy (non-hydrogen) atoms. The molecule has 0 bridgehead atoms. The van der Waals surface area contributed by atoms with E-state index in [9.17, 15) is 4.79 Å². The molecular weight excluding hydrogens is 210 g/mol. The van der Waals surface area contributed by atoms with E-state index in [-0.39, 0.29) is 5.41 Å². The Labute approximate surface area is 102 Å². The lowest BCUT2D eigenvalue weighted by molar-refractivity contribution is 0.112. The quantitative estimate of drug-likeness (QED) is 0.696. The van der Waals surface area contributed by atoms with Crippen molar-refractivity contribution in [2.75, 3.05) is 0 Å². The minimum Gasteiger partial charge on any atom is -0.298 e. The van der Waals surface area contributed by atoms with Crippen molar-refractivity contribution in [2.24, 2.45) is 0 Å². The van der Waals surface area contributed by atoms with E-state index < -0.39 is 0 Å². The summed E-state index contributed by atoms with van der Waals surface area (Å²) < 4.78 is 0. The van der Waals surface area contributed by atoms with Crippen LogP contribution in [0.3, 0.4) is 0 Å². The maximum atomic E-state index is 11.2. The van der Waals surface area contributed by atoms with Crippen LogP contribution in [0.15, 0.2) is 24.4 Å². The molecule has 0 aliphatic rings. The first-order valence-electron chi connectivity index (χ1n) is 5.79. The van der Waals surface area contributed by atoms with Crippen molar-refractivity contribution >= 4 is 17.2 Å². The first kappa shape index (κ1) is 11.8. The summed E-state index contributed by atoms with van der Waals surface area (Å²) in [6.07, 6.45) is 2.58. The van der Waals surface area contributed by atoms with E-state index in [0.717, 1.165) is 28.3 Å². The van der Waals surface area contributed by atoms with Crippen LogP contribution in [0.25, 0.3) is 10.9 Å². The number of fused-ring (bicyclic) bond motifs is 1. The van der Waals surface area contributed by atoms with Gasteiger partial charge in [0.15, 0.2) is 6.29 Å². The molecule has 0 aliphatic carbocycles. The van der Waals surface area contributed by atoms with Crippen LogP contribution >= 0.6 is 0 Å². The second-order valence-electron chi connectivity index (χ2n) is 5.43. The van der Waals surface area contributed by atoms with E-state index in [4.69, 9.17) is 0 Å². The zero-order chi connectivity index (χ0) is 12.6. The van der Waals surface area contributed by atoms with Gasteiger partial charge in [-0.2, -0.15) is 0 Å². The van der Waals surface area contributed by atoms with Crippen LogP contribution in [-0.2, 0) is 5.41 Å². The molecule has 0 fully saturated rings. The molecule has 2 rings (SSSR count). The highest BCUT2D eigenvalue weighted by Gasteiger charge is 2.21. The fourth-order valence-corrected chi connectivity index (χ4v) is 2.31. The van der Waals surface area contributed by atoms with Crippen molar-refractivity contribution in [3.05, 3.63) is 41.1 Å². The number of aldehydes is 1. The van der Waals surface area contributed by atoms with E-state index in [1.807, 2.05) is 25.1 Å². The highest BCUT2D eigenvalue weighted by molar-refractivity contribution is 5.92. The maximum absolute atomic E-state index is 11.2. The number of pyridine rings is 1. The molecule has 0 aliphatic heterocycles. The molecule has 2 heteroatoms. The van der Waals surface area contributed by atoms with Crippen LogP contribution in [0.5, 0.6) is 0 Å². The highest BCUT2D eigenvalue weighted by atomic mass is 16.1. The number of carbonyl (C=O) groups is 1. The Kier molecular flexibility index (Phi) is 2.74. The first-order chi connectivity index (χ1) is 7.95. The van der Waals surface area contributed by atoms with Gasteiger partial charge in [-0.05, 0) is 23.5 Å². The Bertz CT molecular complexity index is 579. The van der Waals surface area contributed by atoms with E-state index in [2.05, 4.69) is 25.8 Å². The number of aryl methyl sites for hydroxylation is 1. The number of aromatic nitrogens is 1. The third kappa shape index (κ3) is 1.95. The average Bonchev–Trinajstić information content (AvgIpc) is 2.26. The molecule has 2 aromatic rings. The molecule has 0 spiro atoms. The van der Waals surface area contributed by atoms with Crippen molar-refractivity contribution in [2.45, 2.75) is 33.1 Å². The van der Waals surface area contributed by atoms with E-state index in [0.29, 0.717) is 5.56 Å². The topological polar surface area (TPSA) is 30.0 Å². The van der Waals surface area contributed by atoms with E-state index in [1.54, 1.807) is 6.20 Å². The average molecular weight is 227 g/mol. The smallest absolute Gasteiger partial charge is 0.151 e. The zero-order valence-electron chi connectivity index (χ0n) is 10.7. The SMILES string of the molecule is Cc1cccc2c(C(C)(C)C)c(C=O)cnc12. The van der Waals surface area contributed by atoms with E-state index in [1.165, 1.54) is 0 Å². The van der Waals surface area contributed by atoms with Crippen molar-refractivity contribution in [3.63, 3.8) is 0 Å². The van der Waals surface area contributed by atoms with Gasteiger partial charge in [-0.25, -0.2) is 0 Å². The molecule has 2 nitrogen and oxygen atoms in total. The molecule has 1 aromatic carbocycles. The van der Waals surface area contributed by atoms with Crippen LogP contribution in [0.2, 0.25) is 0 Å². The van der Waals surface area contributed by atoms with Gasteiger partial charge in [-0.15, -0.1) is 0 Å². The molecule has 0 N–H and O–H groups in total. The third-order valence-electron chi connectivity index (χ3n) is 3.01. The lowest BCUT2D eigenvalue weighted by Gasteiger charge is -2.23. The van der Waals surface area contributed by atoms with Gasteiger partial charge >= 0.3 is 0 Å². The highest BCUT2D eigenvalue weighted by Crippen LogP contribution is 2.32.